The summed E-state index contributed by atoms with van der Waals surface area (Å²) < 4.78 is 5.85. The van der Waals surface area contributed by atoms with E-state index in [2.05, 4.69) is 15.8 Å². The molecular formula is C23H18Cl2N4O5. The minimum atomic E-state index is -0.581. The molecule has 34 heavy (non-hydrogen) atoms. The number of carbonyl (C=O) groups is 2. The number of fused-ring (bicyclic) bond motifs is 1. The molecule has 3 aromatic rings. The molecule has 4 rings (SSSR count). The third-order valence-corrected chi connectivity index (χ3v) is 6.06. The van der Waals surface area contributed by atoms with E-state index in [9.17, 15) is 19.7 Å². The monoisotopic (exact) mass is 500 g/mol. The van der Waals surface area contributed by atoms with Crippen LogP contribution in [0.5, 0.6) is 0 Å². The first-order valence-electron chi connectivity index (χ1n) is 10.2. The standard InChI is InChI=1S/C23H18Cl2N4O5/c1-12-20-18(27-28-22(30)13-4-2-5-15(10-13)29(32)33)6-3-7-19(20)34-21(12)23(31)26-14-8-9-16(24)17(25)11-14/h2,4-5,8-11H,3,6-7H2,1H3,(H,26,31)(H,28,30)/b27-18+. The lowest BCUT2D eigenvalue weighted by Gasteiger charge is -2.13. The van der Waals surface area contributed by atoms with Gasteiger partial charge in [0, 0.05) is 40.9 Å². The maximum Gasteiger partial charge on any atom is 0.291 e. The number of carbonyl (C=O) groups excluding carboxylic acids is 2. The molecule has 2 amide bonds. The van der Waals surface area contributed by atoms with Gasteiger partial charge in [-0.1, -0.05) is 29.3 Å². The molecule has 0 unspecified atom stereocenters. The molecule has 2 N–H and O–H groups in total. The third-order valence-electron chi connectivity index (χ3n) is 5.32. The number of hydrazone groups is 1. The van der Waals surface area contributed by atoms with E-state index in [0.29, 0.717) is 51.2 Å². The highest BCUT2D eigenvalue weighted by Crippen LogP contribution is 2.31. The number of nitro benzene ring substituents is 1. The zero-order valence-electron chi connectivity index (χ0n) is 17.9. The number of anilines is 1. The fourth-order valence-electron chi connectivity index (χ4n) is 3.70. The van der Waals surface area contributed by atoms with Crippen LogP contribution in [0.25, 0.3) is 0 Å². The number of non-ortho nitro benzene ring substituents is 1. The second-order valence-electron chi connectivity index (χ2n) is 7.60. The summed E-state index contributed by atoms with van der Waals surface area (Å²) in [5.41, 5.74) is 4.66. The highest BCUT2D eigenvalue weighted by Gasteiger charge is 2.28. The summed E-state index contributed by atoms with van der Waals surface area (Å²) in [5.74, 6) is -0.297. The number of nitrogens with zero attached hydrogens (tertiary/aromatic N) is 2. The van der Waals surface area contributed by atoms with Crippen molar-refractivity contribution in [2.45, 2.75) is 26.2 Å². The Labute approximate surface area is 203 Å². The van der Waals surface area contributed by atoms with Gasteiger partial charge in [-0.05, 0) is 44.0 Å². The molecule has 1 aliphatic carbocycles. The van der Waals surface area contributed by atoms with Crippen LogP contribution in [-0.4, -0.2) is 22.4 Å². The highest BCUT2D eigenvalue weighted by atomic mass is 35.5. The van der Waals surface area contributed by atoms with E-state index in [0.717, 1.165) is 6.42 Å². The molecule has 1 aliphatic rings. The van der Waals surface area contributed by atoms with E-state index in [1.165, 1.54) is 30.3 Å². The quantitative estimate of drug-likeness (QED) is 0.351. The van der Waals surface area contributed by atoms with Gasteiger partial charge in [-0.3, -0.25) is 19.7 Å². The predicted octanol–water partition coefficient (Wildman–Crippen LogP) is 5.53. The molecule has 0 aliphatic heterocycles. The second kappa shape index (κ2) is 9.66. The van der Waals surface area contributed by atoms with Crippen molar-refractivity contribution >= 4 is 52.1 Å². The van der Waals surface area contributed by atoms with Crippen molar-refractivity contribution in [3.63, 3.8) is 0 Å². The number of rotatable bonds is 5. The van der Waals surface area contributed by atoms with Gasteiger partial charge in [-0.25, -0.2) is 5.43 Å². The lowest BCUT2D eigenvalue weighted by Crippen LogP contribution is -2.22. The number of hydrogen-bond acceptors (Lipinski definition) is 6. The van der Waals surface area contributed by atoms with Gasteiger partial charge in [0.25, 0.3) is 17.5 Å². The molecular weight excluding hydrogens is 483 g/mol. The molecule has 1 heterocycles. The van der Waals surface area contributed by atoms with Crippen LogP contribution in [0.1, 0.15) is 50.6 Å². The molecule has 174 valence electrons. The lowest BCUT2D eigenvalue weighted by molar-refractivity contribution is -0.384. The minimum absolute atomic E-state index is 0.111. The Hall–Kier alpha value is -3.69. The van der Waals surface area contributed by atoms with Gasteiger partial charge in [0.2, 0.25) is 0 Å². The van der Waals surface area contributed by atoms with Crippen molar-refractivity contribution in [2.75, 3.05) is 5.32 Å². The third kappa shape index (κ3) is 4.80. The Kier molecular flexibility index (Phi) is 6.67. The average Bonchev–Trinajstić information content (AvgIpc) is 3.17. The van der Waals surface area contributed by atoms with Crippen molar-refractivity contribution in [1.82, 2.24) is 5.43 Å². The smallest absolute Gasteiger partial charge is 0.291 e. The van der Waals surface area contributed by atoms with Gasteiger partial charge in [0.1, 0.15) is 5.76 Å². The van der Waals surface area contributed by atoms with Gasteiger partial charge in [0.05, 0.1) is 20.7 Å². The second-order valence-corrected chi connectivity index (χ2v) is 8.41. The van der Waals surface area contributed by atoms with Crippen molar-refractivity contribution in [3.8, 4) is 0 Å². The summed E-state index contributed by atoms with van der Waals surface area (Å²) in [6.07, 6.45) is 1.91. The summed E-state index contributed by atoms with van der Waals surface area (Å²) >= 11 is 11.9. The molecule has 0 bridgehead atoms. The van der Waals surface area contributed by atoms with Crippen molar-refractivity contribution in [3.05, 3.63) is 90.8 Å². The topological polar surface area (TPSA) is 127 Å². The number of nitrogens with one attached hydrogen (secondary N) is 2. The van der Waals surface area contributed by atoms with Crippen molar-refractivity contribution in [2.24, 2.45) is 5.10 Å². The molecule has 0 spiro atoms. The Morgan fingerprint density at radius 2 is 1.88 bits per heavy atom. The van der Waals surface area contributed by atoms with E-state index in [4.69, 9.17) is 27.6 Å². The Morgan fingerprint density at radius 3 is 2.62 bits per heavy atom. The maximum atomic E-state index is 12.8. The van der Waals surface area contributed by atoms with Crippen molar-refractivity contribution in [1.29, 1.82) is 0 Å². The predicted molar refractivity (Wildman–Crippen MR) is 128 cm³/mol. The molecule has 11 heteroatoms. The van der Waals surface area contributed by atoms with E-state index < -0.39 is 16.7 Å². The first-order chi connectivity index (χ1) is 16.2. The largest absolute Gasteiger partial charge is 0.455 e. The minimum Gasteiger partial charge on any atom is -0.455 e. The zero-order chi connectivity index (χ0) is 24.4. The van der Waals surface area contributed by atoms with Crippen LogP contribution >= 0.6 is 23.2 Å². The van der Waals surface area contributed by atoms with Gasteiger partial charge in [0.15, 0.2) is 5.76 Å². The summed E-state index contributed by atoms with van der Waals surface area (Å²) in [6, 6.07) is 10.1. The molecule has 1 aromatic heterocycles. The molecule has 0 saturated carbocycles. The molecule has 0 atom stereocenters. The van der Waals surface area contributed by atoms with Crippen LogP contribution < -0.4 is 10.7 Å². The number of benzene rings is 2. The van der Waals surface area contributed by atoms with Crippen LogP contribution in [-0.2, 0) is 6.42 Å². The van der Waals surface area contributed by atoms with E-state index >= 15 is 0 Å². The van der Waals surface area contributed by atoms with Crippen molar-refractivity contribution < 1.29 is 18.9 Å². The normalized spacial score (nSPS) is 13.9. The lowest BCUT2D eigenvalue weighted by atomic mass is 9.93. The number of furan rings is 1. The SMILES string of the molecule is Cc1c(C(=O)Nc2ccc(Cl)c(Cl)c2)oc2c1/C(=N/NC(=O)c1cccc([N+](=O)[O-])c1)CCC2. The molecule has 0 fully saturated rings. The zero-order valence-corrected chi connectivity index (χ0v) is 19.4. The van der Waals surface area contributed by atoms with Crippen LogP contribution in [0.3, 0.4) is 0 Å². The van der Waals surface area contributed by atoms with Crippen LogP contribution in [0.15, 0.2) is 52.0 Å². The number of aryl methyl sites for hydroxylation is 1. The Morgan fingerprint density at radius 1 is 1.09 bits per heavy atom. The molecule has 2 aromatic carbocycles. The first kappa shape index (κ1) is 23.5. The Balaban J connectivity index is 1.56. The Bertz CT molecular complexity index is 1350. The highest BCUT2D eigenvalue weighted by molar-refractivity contribution is 6.42. The fraction of sp³-hybridized carbons (Fsp3) is 0.174. The van der Waals surface area contributed by atoms with Gasteiger partial charge in [-0.15, -0.1) is 0 Å². The molecule has 0 saturated heterocycles. The number of nitro groups is 1. The van der Waals surface area contributed by atoms with E-state index in [1.807, 2.05) is 0 Å². The molecule has 9 nitrogen and oxygen atoms in total. The summed E-state index contributed by atoms with van der Waals surface area (Å²) in [4.78, 5) is 35.7. The number of hydrogen-bond donors (Lipinski definition) is 2. The van der Waals surface area contributed by atoms with Gasteiger partial charge >= 0.3 is 0 Å². The summed E-state index contributed by atoms with van der Waals surface area (Å²) in [5, 5.41) is 18.6. The molecule has 0 radical (unpaired) electrons. The van der Waals surface area contributed by atoms with Crippen LogP contribution in [0.2, 0.25) is 10.0 Å². The van der Waals surface area contributed by atoms with E-state index in [1.54, 1.807) is 19.1 Å². The summed E-state index contributed by atoms with van der Waals surface area (Å²) in [6.45, 7) is 1.75. The number of halogens is 2. The fourth-order valence-corrected chi connectivity index (χ4v) is 4.00. The first-order valence-corrected chi connectivity index (χ1v) is 11.0. The van der Waals surface area contributed by atoms with Gasteiger partial charge in [-0.2, -0.15) is 5.10 Å². The van der Waals surface area contributed by atoms with E-state index in [-0.39, 0.29) is 17.0 Å². The maximum absolute atomic E-state index is 12.8. The number of amides is 2. The van der Waals surface area contributed by atoms with Crippen LogP contribution in [0.4, 0.5) is 11.4 Å². The average molecular weight is 501 g/mol. The summed E-state index contributed by atoms with van der Waals surface area (Å²) in [7, 11) is 0. The van der Waals surface area contributed by atoms with Gasteiger partial charge < -0.3 is 9.73 Å². The van der Waals surface area contributed by atoms with Crippen LogP contribution in [0, 0.1) is 17.0 Å².